The second kappa shape index (κ2) is 10.1. The first-order valence-corrected chi connectivity index (χ1v) is 13.1. The molecule has 1 aliphatic heterocycles. The van der Waals surface area contributed by atoms with E-state index in [1.165, 1.54) is 11.1 Å². The van der Waals surface area contributed by atoms with E-state index in [0.717, 1.165) is 53.4 Å². The number of fused-ring (bicyclic) bond motifs is 2. The molecule has 6 heteroatoms. The van der Waals surface area contributed by atoms with Gasteiger partial charge in [-0.05, 0) is 73.4 Å². The zero-order valence-electron chi connectivity index (χ0n) is 21.6. The summed E-state index contributed by atoms with van der Waals surface area (Å²) in [4.78, 5) is 21.5. The van der Waals surface area contributed by atoms with Crippen molar-refractivity contribution in [2.45, 2.75) is 39.2 Å². The molecular formula is C32H30N4O2. The summed E-state index contributed by atoms with van der Waals surface area (Å²) in [7, 11) is 0. The van der Waals surface area contributed by atoms with Gasteiger partial charge in [-0.1, -0.05) is 37.3 Å². The van der Waals surface area contributed by atoms with Crippen LogP contribution < -0.4 is 10.1 Å². The van der Waals surface area contributed by atoms with Crippen molar-refractivity contribution in [3.63, 3.8) is 0 Å². The Bertz CT molecular complexity index is 1620. The van der Waals surface area contributed by atoms with Crippen LogP contribution in [-0.4, -0.2) is 26.9 Å². The van der Waals surface area contributed by atoms with Gasteiger partial charge < -0.3 is 14.6 Å². The zero-order chi connectivity index (χ0) is 26.1. The first-order chi connectivity index (χ1) is 18.6. The van der Waals surface area contributed by atoms with E-state index in [0.29, 0.717) is 17.9 Å². The van der Waals surface area contributed by atoms with Crippen LogP contribution in [0.15, 0.2) is 85.1 Å². The van der Waals surface area contributed by atoms with E-state index in [1.807, 2.05) is 24.3 Å². The number of hydrogen-bond donors (Lipinski definition) is 1. The molecule has 3 aromatic carbocycles. The molecule has 6 rings (SSSR count). The molecule has 5 aromatic rings. The number of para-hydroxylation sites is 2. The molecule has 0 saturated carbocycles. The maximum absolute atomic E-state index is 12.0. The number of ketones is 1. The van der Waals surface area contributed by atoms with Crippen molar-refractivity contribution in [3.05, 3.63) is 102 Å². The average Bonchev–Trinajstić information content (AvgIpc) is 3.32. The number of rotatable bonds is 7. The largest absolute Gasteiger partial charge is 0.493 e. The fourth-order valence-corrected chi connectivity index (χ4v) is 5.17. The van der Waals surface area contributed by atoms with Gasteiger partial charge in [-0.3, -0.25) is 9.78 Å². The number of carbonyl (C=O) groups excluding carboxylic acids is 1. The lowest BCUT2D eigenvalue weighted by Gasteiger charge is -2.27. The van der Waals surface area contributed by atoms with E-state index < -0.39 is 0 Å². The number of anilines is 2. The predicted octanol–water partition coefficient (Wildman–Crippen LogP) is 7.17. The first-order valence-electron chi connectivity index (χ1n) is 13.1. The smallest absolute Gasteiger partial charge is 0.159 e. The molecule has 3 heterocycles. The van der Waals surface area contributed by atoms with Crippen LogP contribution in [0.2, 0.25) is 0 Å². The molecule has 2 aromatic heterocycles. The molecule has 1 aliphatic rings. The van der Waals surface area contributed by atoms with Crippen molar-refractivity contribution in [1.29, 1.82) is 0 Å². The Labute approximate surface area is 222 Å². The van der Waals surface area contributed by atoms with Gasteiger partial charge in [0.2, 0.25) is 0 Å². The third kappa shape index (κ3) is 4.65. The Balaban J connectivity index is 1.33. The number of pyridine rings is 1. The molecule has 6 nitrogen and oxygen atoms in total. The van der Waals surface area contributed by atoms with Crippen LogP contribution in [0, 0.1) is 0 Å². The van der Waals surface area contributed by atoms with Crippen LogP contribution >= 0.6 is 0 Å². The second-order valence-electron chi connectivity index (χ2n) is 9.78. The lowest BCUT2D eigenvalue weighted by molar-refractivity contribution is 0.101. The lowest BCUT2D eigenvalue weighted by atomic mass is 9.92. The summed E-state index contributed by atoms with van der Waals surface area (Å²) in [6.07, 6.45) is 3.62. The average molecular weight is 503 g/mol. The fraction of sp³-hybridized carbons (Fsp3) is 0.219. The van der Waals surface area contributed by atoms with Gasteiger partial charge >= 0.3 is 0 Å². The van der Waals surface area contributed by atoms with Gasteiger partial charge in [-0.2, -0.15) is 0 Å². The SMILES string of the molecule is CCc1ccc(Nc2ccc3c(c2)OCCC3Cn2c(-c3cc(C(C)=O)ccn3)nc3ccccc32)cc1. The number of nitrogens with zero attached hydrogens (tertiary/aromatic N) is 3. The molecule has 38 heavy (non-hydrogen) atoms. The number of aromatic nitrogens is 3. The summed E-state index contributed by atoms with van der Waals surface area (Å²) >= 11 is 0. The van der Waals surface area contributed by atoms with Crippen LogP contribution in [0.25, 0.3) is 22.6 Å². The molecule has 0 saturated heterocycles. The predicted molar refractivity (Wildman–Crippen MR) is 151 cm³/mol. The van der Waals surface area contributed by atoms with Gasteiger partial charge in [0.05, 0.1) is 17.6 Å². The summed E-state index contributed by atoms with van der Waals surface area (Å²) in [5.74, 6) is 1.96. The van der Waals surface area contributed by atoms with Gasteiger partial charge in [0.1, 0.15) is 11.4 Å². The van der Waals surface area contributed by atoms with Gasteiger partial charge in [0, 0.05) is 41.7 Å². The number of aryl methyl sites for hydroxylation is 1. The summed E-state index contributed by atoms with van der Waals surface area (Å²) in [5.41, 5.74) is 7.89. The van der Waals surface area contributed by atoms with Gasteiger partial charge in [-0.15, -0.1) is 0 Å². The summed E-state index contributed by atoms with van der Waals surface area (Å²) in [6.45, 7) is 5.13. The number of nitrogens with one attached hydrogen (secondary N) is 1. The van der Waals surface area contributed by atoms with E-state index in [1.54, 1.807) is 19.2 Å². The van der Waals surface area contributed by atoms with Crippen molar-refractivity contribution in [3.8, 4) is 17.3 Å². The first kappa shape index (κ1) is 23.9. The molecule has 0 bridgehead atoms. The van der Waals surface area contributed by atoms with Crippen LogP contribution in [0.4, 0.5) is 11.4 Å². The number of ether oxygens (including phenoxy) is 1. The molecule has 1 unspecified atom stereocenters. The van der Waals surface area contributed by atoms with Crippen molar-refractivity contribution in [2.24, 2.45) is 0 Å². The standard InChI is InChI=1S/C32H30N4O2/c1-3-22-8-10-25(11-9-22)34-26-12-13-27-24(15-17-38-31(27)19-26)20-36-30-7-5-4-6-28(30)35-32(36)29-18-23(21(2)37)14-16-33-29/h4-14,16,18-19,24,34H,3,15,17,20H2,1-2H3. The minimum atomic E-state index is 0.0142. The molecule has 190 valence electrons. The van der Waals surface area contributed by atoms with Crippen molar-refractivity contribution in [2.75, 3.05) is 11.9 Å². The Morgan fingerprint density at radius 1 is 1.03 bits per heavy atom. The molecule has 0 radical (unpaired) electrons. The highest BCUT2D eigenvalue weighted by Crippen LogP contribution is 2.38. The zero-order valence-corrected chi connectivity index (χ0v) is 21.6. The fourth-order valence-electron chi connectivity index (χ4n) is 5.17. The van der Waals surface area contributed by atoms with Crippen molar-refractivity contribution < 1.29 is 9.53 Å². The summed E-state index contributed by atoms with van der Waals surface area (Å²) < 4.78 is 8.36. The Morgan fingerprint density at radius 2 is 1.84 bits per heavy atom. The Morgan fingerprint density at radius 3 is 2.66 bits per heavy atom. The van der Waals surface area contributed by atoms with E-state index in [9.17, 15) is 4.79 Å². The molecule has 1 atom stereocenters. The number of carbonyl (C=O) groups is 1. The van der Waals surface area contributed by atoms with Gasteiger partial charge in [-0.25, -0.2) is 4.98 Å². The van der Waals surface area contributed by atoms with Crippen molar-refractivity contribution >= 4 is 28.2 Å². The quantitative estimate of drug-likeness (QED) is 0.239. The number of benzene rings is 3. The maximum atomic E-state index is 12.0. The van der Waals surface area contributed by atoms with E-state index in [-0.39, 0.29) is 11.7 Å². The summed E-state index contributed by atoms with van der Waals surface area (Å²) in [6, 6.07) is 26.7. The highest BCUT2D eigenvalue weighted by molar-refractivity contribution is 5.95. The van der Waals surface area contributed by atoms with Crippen LogP contribution in [-0.2, 0) is 13.0 Å². The molecular weight excluding hydrogens is 472 g/mol. The summed E-state index contributed by atoms with van der Waals surface area (Å²) in [5, 5.41) is 3.50. The topological polar surface area (TPSA) is 69.0 Å². The van der Waals surface area contributed by atoms with Crippen LogP contribution in [0.5, 0.6) is 5.75 Å². The van der Waals surface area contributed by atoms with Crippen LogP contribution in [0.1, 0.15) is 47.7 Å². The van der Waals surface area contributed by atoms with Gasteiger partial charge in [0.15, 0.2) is 11.6 Å². The third-order valence-corrected chi connectivity index (χ3v) is 7.28. The maximum Gasteiger partial charge on any atom is 0.159 e. The monoisotopic (exact) mass is 502 g/mol. The van der Waals surface area contributed by atoms with E-state index in [4.69, 9.17) is 9.72 Å². The molecule has 0 spiro atoms. The van der Waals surface area contributed by atoms with Crippen molar-refractivity contribution in [1.82, 2.24) is 14.5 Å². The highest BCUT2D eigenvalue weighted by atomic mass is 16.5. The number of Topliss-reactive ketones (excluding diaryl/α,β-unsaturated/α-hetero) is 1. The minimum Gasteiger partial charge on any atom is -0.493 e. The second-order valence-corrected chi connectivity index (χ2v) is 9.78. The number of hydrogen-bond acceptors (Lipinski definition) is 5. The van der Waals surface area contributed by atoms with E-state index in [2.05, 4.69) is 70.3 Å². The lowest BCUT2D eigenvalue weighted by Crippen LogP contribution is -2.19. The number of imidazole rings is 1. The third-order valence-electron chi connectivity index (χ3n) is 7.28. The molecule has 0 amide bonds. The molecule has 1 N–H and O–H groups in total. The van der Waals surface area contributed by atoms with Gasteiger partial charge in [0.25, 0.3) is 0 Å². The minimum absolute atomic E-state index is 0.0142. The Kier molecular flexibility index (Phi) is 6.38. The van der Waals surface area contributed by atoms with Crippen LogP contribution in [0.3, 0.4) is 0 Å². The Hall–Kier alpha value is -4.45. The highest BCUT2D eigenvalue weighted by Gasteiger charge is 2.25. The molecule has 0 aliphatic carbocycles. The normalized spacial score (nSPS) is 14.6. The van der Waals surface area contributed by atoms with E-state index >= 15 is 0 Å². The molecule has 0 fully saturated rings.